The lowest BCUT2D eigenvalue weighted by Crippen LogP contribution is -2.45. The van der Waals surface area contributed by atoms with Gasteiger partial charge in [-0.3, -0.25) is 34.2 Å². The highest BCUT2D eigenvalue weighted by atomic mass is 16.6. The summed E-state index contributed by atoms with van der Waals surface area (Å²) in [7, 11) is 1.52. The largest absolute Gasteiger partial charge is 0.459 e. The second-order valence-electron chi connectivity index (χ2n) is 7.89. The third-order valence-electron chi connectivity index (χ3n) is 4.18. The van der Waals surface area contributed by atoms with Gasteiger partial charge >= 0.3 is 5.97 Å². The third kappa shape index (κ3) is 9.64. The van der Waals surface area contributed by atoms with Gasteiger partial charge in [0.15, 0.2) is 0 Å². The Balaban J connectivity index is 2.25. The Morgan fingerprint density at radius 2 is 1.73 bits per heavy atom. The van der Waals surface area contributed by atoms with Crippen LogP contribution < -0.4 is 16.0 Å². The van der Waals surface area contributed by atoms with Gasteiger partial charge in [0.1, 0.15) is 5.60 Å². The van der Waals surface area contributed by atoms with Crippen LogP contribution in [-0.2, 0) is 28.7 Å². The summed E-state index contributed by atoms with van der Waals surface area (Å²) < 4.78 is 5.21. The lowest BCUT2D eigenvalue weighted by molar-refractivity contribution is -0.153. The van der Waals surface area contributed by atoms with Crippen LogP contribution in [0.3, 0.4) is 0 Å². The molecule has 0 fully saturated rings. The number of ether oxygens (including phenoxy) is 1. The first-order chi connectivity index (χ1) is 14.0. The molecular formula is C20H32N4O6. The molecule has 0 bridgehead atoms. The number of carbonyl (C=O) groups is 5. The van der Waals surface area contributed by atoms with E-state index >= 15 is 0 Å². The Hall–Kier alpha value is -2.75. The molecule has 10 heteroatoms. The van der Waals surface area contributed by atoms with Gasteiger partial charge in [0, 0.05) is 38.7 Å². The normalized spacial score (nSPS) is 14.6. The van der Waals surface area contributed by atoms with Crippen LogP contribution in [0.15, 0.2) is 12.2 Å². The second-order valence-corrected chi connectivity index (χ2v) is 7.89. The maximum Gasteiger partial charge on any atom is 0.320 e. The van der Waals surface area contributed by atoms with Crippen molar-refractivity contribution >= 4 is 29.6 Å². The van der Waals surface area contributed by atoms with Gasteiger partial charge in [0.2, 0.25) is 11.8 Å². The van der Waals surface area contributed by atoms with Crippen LogP contribution in [0.2, 0.25) is 0 Å². The average molecular weight is 424 g/mol. The third-order valence-corrected chi connectivity index (χ3v) is 4.18. The summed E-state index contributed by atoms with van der Waals surface area (Å²) in [6.45, 7) is 5.69. The molecule has 168 valence electrons. The van der Waals surface area contributed by atoms with Gasteiger partial charge in [-0.1, -0.05) is 0 Å². The lowest BCUT2D eigenvalue weighted by Gasteiger charge is -2.21. The first-order valence-electron chi connectivity index (χ1n) is 10.0. The number of rotatable bonds is 12. The van der Waals surface area contributed by atoms with Crippen molar-refractivity contribution in [3.8, 4) is 0 Å². The van der Waals surface area contributed by atoms with E-state index in [0.29, 0.717) is 25.8 Å². The standard InChI is InChI=1S/C20H32N4O6/c1-20(2,3)30-18(28)13-23-14(19(29)21-4)7-5-6-11-22-15(25)10-12-24-16(26)8-9-17(24)27/h8-9,14,23H,5-7,10-13H2,1-4H3,(H,21,29)(H,22,25). The molecule has 1 rings (SSSR count). The number of hydrogen-bond acceptors (Lipinski definition) is 7. The van der Waals surface area contributed by atoms with Crippen LogP contribution >= 0.6 is 0 Å². The van der Waals surface area contributed by atoms with Crippen LogP contribution in [0.1, 0.15) is 46.5 Å². The van der Waals surface area contributed by atoms with E-state index in [1.165, 1.54) is 19.2 Å². The van der Waals surface area contributed by atoms with Crippen LogP contribution in [0, 0.1) is 0 Å². The predicted octanol–water partition coefficient (Wildman–Crippen LogP) is -0.366. The number of esters is 1. The van der Waals surface area contributed by atoms with E-state index in [1.54, 1.807) is 20.8 Å². The van der Waals surface area contributed by atoms with Crippen LogP contribution in [0.4, 0.5) is 0 Å². The van der Waals surface area contributed by atoms with Crippen LogP contribution in [-0.4, -0.2) is 72.8 Å². The maximum absolute atomic E-state index is 12.0. The van der Waals surface area contributed by atoms with E-state index in [9.17, 15) is 24.0 Å². The maximum atomic E-state index is 12.0. The summed E-state index contributed by atoms with van der Waals surface area (Å²) >= 11 is 0. The first-order valence-corrected chi connectivity index (χ1v) is 10.0. The Labute approximate surface area is 176 Å². The number of carbonyl (C=O) groups excluding carboxylic acids is 5. The van der Waals surface area contributed by atoms with E-state index < -0.39 is 29.4 Å². The summed E-state index contributed by atoms with van der Waals surface area (Å²) in [5.74, 6) is -1.74. The molecule has 0 aliphatic carbocycles. The minimum absolute atomic E-state index is 0.0392. The highest BCUT2D eigenvalue weighted by molar-refractivity contribution is 6.13. The van der Waals surface area contributed by atoms with Gasteiger partial charge in [0.25, 0.3) is 11.8 Å². The number of nitrogens with zero attached hydrogens (tertiary/aromatic N) is 1. The Morgan fingerprint density at radius 3 is 2.30 bits per heavy atom. The molecule has 1 aliphatic rings. The minimum Gasteiger partial charge on any atom is -0.459 e. The number of likely N-dealkylation sites (N-methyl/N-ethyl adjacent to an activating group) is 1. The fourth-order valence-corrected chi connectivity index (χ4v) is 2.74. The smallest absolute Gasteiger partial charge is 0.320 e. The molecule has 1 unspecified atom stereocenters. The zero-order chi connectivity index (χ0) is 22.7. The van der Waals surface area contributed by atoms with Crippen LogP contribution in [0.5, 0.6) is 0 Å². The monoisotopic (exact) mass is 424 g/mol. The summed E-state index contributed by atoms with van der Waals surface area (Å²) in [6, 6.07) is -0.544. The molecule has 3 N–H and O–H groups in total. The molecule has 30 heavy (non-hydrogen) atoms. The molecule has 0 aromatic carbocycles. The summed E-state index contributed by atoms with van der Waals surface area (Å²) in [4.78, 5) is 59.5. The molecule has 0 radical (unpaired) electrons. The van der Waals surface area contributed by atoms with E-state index in [1.807, 2.05) is 0 Å². The second kappa shape index (κ2) is 12.1. The average Bonchev–Trinajstić information content (AvgIpc) is 2.97. The molecule has 0 aromatic rings. The van der Waals surface area contributed by atoms with Crippen molar-refractivity contribution in [3.05, 3.63) is 12.2 Å². The zero-order valence-corrected chi connectivity index (χ0v) is 18.1. The predicted molar refractivity (Wildman–Crippen MR) is 109 cm³/mol. The van der Waals surface area contributed by atoms with Crippen molar-refractivity contribution in [1.29, 1.82) is 0 Å². The highest BCUT2D eigenvalue weighted by Gasteiger charge is 2.23. The van der Waals surface area contributed by atoms with Crippen LogP contribution in [0.25, 0.3) is 0 Å². The van der Waals surface area contributed by atoms with Gasteiger partial charge in [-0.05, 0) is 40.0 Å². The van der Waals surface area contributed by atoms with Crippen molar-refractivity contribution in [2.75, 3.05) is 26.7 Å². The molecule has 4 amide bonds. The Bertz CT molecular complexity index is 665. The summed E-state index contributed by atoms with van der Waals surface area (Å²) in [5.41, 5.74) is -0.592. The zero-order valence-electron chi connectivity index (χ0n) is 18.1. The highest BCUT2D eigenvalue weighted by Crippen LogP contribution is 2.07. The number of nitrogens with one attached hydrogen (secondary N) is 3. The Kier molecular flexibility index (Phi) is 10.2. The van der Waals surface area contributed by atoms with Crippen molar-refractivity contribution in [2.24, 2.45) is 0 Å². The summed E-state index contributed by atoms with van der Waals surface area (Å²) in [5, 5.41) is 8.19. The lowest BCUT2D eigenvalue weighted by atomic mass is 10.1. The van der Waals surface area contributed by atoms with Gasteiger partial charge in [-0.2, -0.15) is 0 Å². The van der Waals surface area contributed by atoms with Crippen molar-refractivity contribution < 1.29 is 28.7 Å². The molecule has 0 aromatic heterocycles. The molecule has 0 spiro atoms. The van der Waals surface area contributed by atoms with Crippen molar-refractivity contribution in [3.63, 3.8) is 0 Å². The fraction of sp³-hybridized carbons (Fsp3) is 0.650. The topological polar surface area (TPSA) is 134 Å². The van der Waals surface area contributed by atoms with Crippen molar-refractivity contribution in [2.45, 2.75) is 58.1 Å². The molecule has 10 nitrogen and oxygen atoms in total. The molecule has 1 aliphatic heterocycles. The number of unbranched alkanes of at least 4 members (excludes halogenated alkanes) is 1. The first kappa shape index (κ1) is 25.3. The van der Waals surface area contributed by atoms with Gasteiger partial charge in [0.05, 0.1) is 12.6 Å². The number of hydrogen-bond donors (Lipinski definition) is 3. The fourth-order valence-electron chi connectivity index (χ4n) is 2.74. The van der Waals surface area contributed by atoms with Gasteiger partial charge < -0.3 is 15.4 Å². The molecule has 1 atom stereocenters. The molecule has 0 saturated heterocycles. The minimum atomic E-state index is -0.592. The van der Waals surface area contributed by atoms with Gasteiger partial charge in [-0.25, -0.2) is 0 Å². The van der Waals surface area contributed by atoms with E-state index in [-0.39, 0.29) is 31.3 Å². The van der Waals surface area contributed by atoms with Gasteiger partial charge in [-0.15, -0.1) is 0 Å². The molecule has 1 heterocycles. The SMILES string of the molecule is CNC(=O)C(CCCCNC(=O)CCN1C(=O)C=CC1=O)NCC(=O)OC(C)(C)C. The van der Waals surface area contributed by atoms with E-state index in [2.05, 4.69) is 16.0 Å². The molecule has 0 saturated carbocycles. The number of amides is 4. The molecular weight excluding hydrogens is 392 g/mol. The quantitative estimate of drug-likeness (QED) is 0.221. The van der Waals surface area contributed by atoms with Crippen molar-refractivity contribution in [1.82, 2.24) is 20.9 Å². The summed E-state index contributed by atoms with van der Waals surface area (Å²) in [6.07, 6.45) is 4.17. The van der Waals surface area contributed by atoms with E-state index in [4.69, 9.17) is 4.74 Å². The Morgan fingerprint density at radius 1 is 1.10 bits per heavy atom. The number of imide groups is 1. The van der Waals surface area contributed by atoms with E-state index in [0.717, 1.165) is 4.90 Å².